The Morgan fingerprint density at radius 1 is 1.00 bits per heavy atom. The van der Waals surface area contributed by atoms with Crippen LogP contribution in [0.2, 0.25) is 0 Å². The third-order valence-corrected chi connectivity index (χ3v) is 4.21. The molecule has 0 unspecified atom stereocenters. The van der Waals surface area contributed by atoms with E-state index in [1.807, 2.05) is 48.6 Å². The molecule has 2 aromatic heterocycles. The number of aromatic nitrogens is 3. The zero-order valence-electron chi connectivity index (χ0n) is 13.7. The lowest BCUT2D eigenvalue weighted by Gasteiger charge is -2.09. The van der Waals surface area contributed by atoms with Gasteiger partial charge in [-0.15, -0.1) is 0 Å². The van der Waals surface area contributed by atoms with Gasteiger partial charge in [0.25, 0.3) is 0 Å². The van der Waals surface area contributed by atoms with Crippen molar-refractivity contribution in [1.29, 1.82) is 0 Å². The molecule has 0 fully saturated rings. The summed E-state index contributed by atoms with van der Waals surface area (Å²) < 4.78 is 21.5. The standard InChI is InChI=1S/C19H16FN3O/c1-11-18-12(2)22-19(13-6-4-7-14(10-13)24-3)23(18)16-9-5-8-15(20)17(16)21-11/h4-10H,1-3H3. The van der Waals surface area contributed by atoms with Crippen molar-refractivity contribution in [2.24, 2.45) is 0 Å². The predicted octanol–water partition coefficient (Wildman–Crippen LogP) is 4.31. The minimum atomic E-state index is -0.333. The number of halogens is 1. The Morgan fingerprint density at radius 3 is 2.54 bits per heavy atom. The van der Waals surface area contributed by atoms with Gasteiger partial charge in [-0.05, 0) is 38.1 Å². The summed E-state index contributed by atoms with van der Waals surface area (Å²) in [4.78, 5) is 9.17. The van der Waals surface area contributed by atoms with Gasteiger partial charge in [-0.25, -0.2) is 14.4 Å². The molecular formula is C19H16FN3O. The van der Waals surface area contributed by atoms with Crippen molar-refractivity contribution in [3.63, 3.8) is 0 Å². The maximum atomic E-state index is 14.2. The van der Waals surface area contributed by atoms with Gasteiger partial charge < -0.3 is 4.74 Å². The van der Waals surface area contributed by atoms with Crippen LogP contribution in [0.1, 0.15) is 11.4 Å². The minimum absolute atomic E-state index is 0.333. The number of imidazole rings is 1. The predicted molar refractivity (Wildman–Crippen MR) is 91.9 cm³/mol. The second kappa shape index (κ2) is 5.30. The highest BCUT2D eigenvalue weighted by Gasteiger charge is 2.17. The molecule has 0 spiro atoms. The first-order valence-corrected chi connectivity index (χ1v) is 7.68. The van der Waals surface area contributed by atoms with E-state index in [1.165, 1.54) is 6.07 Å². The molecule has 0 aliphatic heterocycles. The first kappa shape index (κ1) is 14.6. The largest absolute Gasteiger partial charge is 0.497 e. The van der Waals surface area contributed by atoms with E-state index in [0.29, 0.717) is 11.0 Å². The summed E-state index contributed by atoms with van der Waals surface area (Å²) in [6.45, 7) is 3.82. The molecule has 120 valence electrons. The van der Waals surface area contributed by atoms with Crippen LogP contribution in [0.15, 0.2) is 42.5 Å². The fourth-order valence-electron chi connectivity index (χ4n) is 3.16. The molecule has 0 saturated heterocycles. The van der Waals surface area contributed by atoms with Gasteiger partial charge >= 0.3 is 0 Å². The van der Waals surface area contributed by atoms with Crippen molar-refractivity contribution < 1.29 is 9.13 Å². The van der Waals surface area contributed by atoms with E-state index in [1.54, 1.807) is 13.2 Å². The average Bonchev–Trinajstić information content (AvgIpc) is 2.95. The number of aryl methyl sites for hydroxylation is 2. The molecule has 0 atom stereocenters. The van der Waals surface area contributed by atoms with Crippen LogP contribution in [0.3, 0.4) is 0 Å². The Bertz CT molecular complexity index is 1090. The lowest BCUT2D eigenvalue weighted by atomic mass is 10.2. The van der Waals surface area contributed by atoms with Crippen LogP contribution in [-0.2, 0) is 0 Å². The van der Waals surface area contributed by atoms with E-state index < -0.39 is 0 Å². The molecule has 4 rings (SSSR count). The van der Waals surface area contributed by atoms with Crippen molar-refractivity contribution in [3.05, 3.63) is 59.7 Å². The zero-order valence-corrected chi connectivity index (χ0v) is 13.7. The van der Waals surface area contributed by atoms with Gasteiger partial charge in [0.15, 0.2) is 5.82 Å². The van der Waals surface area contributed by atoms with Gasteiger partial charge in [0.05, 0.1) is 29.5 Å². The fourth-order valence-corrected chi connectivity index (χ4v) is 3.16. The van der Waals surface area contributed by atoms with Crippen molar-refractivity contribution in [2.75, 3.05) is 7.11 Å². The van der Waals surface area contributed by atoms with Gasteiger partial charge in [0.1, 0.15) is 17.1 Å². The Hall–Kier alpha value is -2.95. The summed E-state index contributed by atoms with van der Waals surface area (Å²) in [6.07, 6.45) is 0. The molecule has 0 aliphatic rings. The van der Waals surface area contributed by atoms with Gasteiger partial charge in [0, 0.05) is 5.56 Å². The highest BCUT2D eigenvalue weighted by molar-refractivity contribution is 5.84. The minimum Gasteiger partial charge on any atom is -0.497 e. The molecule has 2 heterocycles. The smallest absolute Gasteiger partial charge is 0.150 e. The van der Waals surface area contributed by atoms with Crippen molar-refractivity contribution >= 4 is 16.6 Å². The number of ether oxygens (including phenoxy) is 1. The van der Waals surface area contributed by atoms with Gasteiger partial charge in [-0.2, -0.15) is 0 Å². The van der Waals surface area contributed by atoms with E-state index in [0.717, 1.165) is 34.0 Å². The molecule has 0 radical (unpaired) electrons. The summed E-state index contributed by atoms with van der Waals surface area (Å²) in [5.41, 5.74) is 4.49. The summed E-state index contributed by atoms with van der Waals surface area (Å²) >= 11 is 0. The lowest BCUT2D eigenvalue weighted by Crippen LogP contribution is -1.99. The van der Waals surface area contributed by atoms with Crippen LogP contribution in [0.4, 0.5) is 4.39 Å². The lowest BCUT2D eigenvalue weighted by molar-refractivity contribution is 0.415. The maximum Gasteiger partial charge on any atom is 0.150 e. The SMILES string of the molecule is COc1cccc(-c2nc(C)c3c(C)nc4c(F)cccc4n23)c1. The molecule has 4 nitrogen and oxygen atoms in total. The van der Waals surface area contributed by atoms with Crippen LogP contribution < -0.4 is 4.74 Å². The molecule has 2 aromatic carbocycles. The molecular weight excluding hydrogens is 305 g/mol. The van der Waals surface area contributed by atoms with E-state index in [-0.39, 0.29) is 5.82 Å². The number of hydrogen-bond donors (Lipinski definition) is 0. The van der Waals surface area contributed by atoms with Crippen molar-refractivity contribution in [1.82, 2.24) is 14.4 Å². The summed E-state index contributed by atoms with van der Waals surface area (Å²) in [5.74, 6) is 1.17. The number of rotatable bonds is 2. The van der Waals surface area contributed by atoms with Crippen LogP contribution in [0, 0.1) is 19.7 Å². The Kier molecular flexibility index (Phi) is 3.23. The molecule has 4 aromatic rings. The third-order valence-electron chi connectivity index (χ3n) is 4.21. The Labute approximate surface area is 138 Å². The number of fused-ring (bicyclic) bond motifs is 3. The number of methoxy groups -OCH3 is 1. The fraction of sp³-hybridized carbons (Fsp3) is 0.158. The number of hydrogen-bond acceptors (Lipinski definition) is 3. The Morgan fingerprint density at radius 2 is 1.75 bits per heavy atom. The molecule has 0 N–H and O–H groups in total. The summed E-state index contributed by atoms with van der Waals surface area (Å²) in [7, 11) is 1.63. The monoisotopic (exact) mass is 321 g/mol. The van der Waals surface area contributed by atoms with Crippen molar-refractivity contribution in [3.8, 4) is 17.1 Å². The number of nitrogens with zero attached hydrogens (tertiary/aromatic N) is 3. The molecule has 0 saturated carbocycles. The van der Waals surface area contributed by atoms with E-state index in [2.05, 4.69) is 4.98 Å². The molecule has 24 heavy (non-hydrogen) atoms. The number of benzene rings is 2. The maximum absolute atomic E-state index is 14.2. The van der Waals surface area contributed by atoms with E-state index >= 15 is 0 Å². The van der Waals surface area contributed by atoms with Crippen LogP contribution >= 0.6 is 0 Å². The second-order valence-corrected chi connectivity index (χ2v) is 5.74. The molecule has 0 bridgehead atoms. The van der Waals surface area contributed by atoms with Gasteiger partial charge in [-0.1, -0.05) is 18.2 Å². The quantitative estimate of drug-likeness (QED) is 0.552. The Balaban J connectivity index is 2.17. The van der Waals surface area contributed by atoms with Crippen LogP contribution in [-0.4, -0.2) is 21.5 Å². The highest BCUT2D eigenvalue weighted by Crippen LogP contribution is 2.30. The van der Waals surface area contributed by atoms with Gasteiger partial charge in [0.2, 0.25) is 0 Å². The highest BCUT2D eigenvalue weighted by atomic mass is 19.1. The topological polar surface area (TPSA) is 39.4 Å². The molecule has 0 amide bonds. The average molecular weight is 321 g/mol. The van der Waals surface area contributed by atoms with Crippen LogP contribution in [0.25, 0.3) is 27.9 Å². The number of para-hydroxylation sites is 1. The summed E-state index contributed by atoms with van der Waals surface area (Å²) in [6, 6.07) is 12.7. The van der Waals surface area contributed by atoms with Gasteiger partial charge in [-0.3, -0.25) is 4.40 Å². The zero-order chi connectivity index (χ0) is 16.8. The second-order valence-electron chi connectivity index (χ2n) is 5.74. The third kappa shape index (κ3) is 2.05. The van der Waals surface area contributed by atoms with E-state index in [4.69, 9.17) is 9.72 Å². The molecule has 5 heteroatoms. The first-order valence-electron chi connectivity index (χ1n) is 7.68. The van der Waals surface area contributed by atoms with Crippen LogP contribution in [0.5, 0.6) is 5.75 Å². The first-order chi connectivity index (χ1) is 11.6. The molecule has 0 aliphatic carbocycles. The normalized spacial score (nSPS) is 11.3. The summed E-state index contributed by atoms with van der Waals surface area (Å²) in [5, 5.41) is 0. The van der Waals surface area contributed by atoms with E-state index in [9.17, 15) is 4.39 Å². The van der Waals surface area contributed by atoms with Crippen molar-refractivity contribution in [2.45, 2.75) is 13.8 Å².